The number of aromatic nitrogens is 1. The lowest BCUT2D eigenvalue weighted by molar-refractivity contribution is -0.0889. The van der Waals surface area contributed by atoms with Gasteiger partial charge >= 0.3 is 6.18 Å². The maximum Gasteiger partial charge on any atom is 0.420 e. The number of aryl methyl sites for hydroxylation is 1. The van der Waals surface area contributed by atoms with E-state index in [0.717, 1.165) is 0 Å². The predicted octanol–water partition coefficient (Wildman–Crippen LogP) is 1.89. The van der Waals surface area contributed by atoms with Crippen molar-refractivity contribution in [3.8, 4) is 0 Å². The molecule has 16 heavy (non-hydrogen) atoms. The number of hydrogen-bond acceptors (Lipinski definition) is 2. The van der Waals surface area contributed by atoms with E-state index in [0.29, 0.717) is 6.08 Å². The summed E-state index contributed by atoms with van der Waals surface area (Å²) in [6.45, 7) is 0. The number of fused-ring (bicyclic) bond motifs is 1. The van der Waals surface area contributed by atoms with E-state index in [1.807, 2.05) is 0 Å². The fraction of sp³-hybridized carbons (Fsp3) is 0.200. The minimum Gasteiger partial charge on any atom is -0.356 e. The minimum absolute atomic E-state index is 0.0144. The van der Waals surface area contributed by atoms with Gasteiger partial charge in [-0.2, -0.15) is 13.2 Å². The Kier molecular flexibility index (Phi) is 2.04. The van der Waals surface area contributed by atoms with Crippen LogP contribution in [0.25, 0.3) is 0 Å². The molecule has 1 aromatic heterocycles. The van der Waals surface area contributed by atoms with Gasteiger partial charge in [0.1, 0.15) is 5.57 Å². The summed E-state index contributed by atoms with van der Waals surface area (Å²) in [5, 5.41) is 0. The summed E-state index contributed by atoms with van der Waals surface area (Å²) in [6.07, 6.45) is -1.89. The molecular weight excluding hydrogens is 223 g/mol. The monoisotopic (exact) mass is 229 g/mol. The molecule has 0 aromatic carbocycles. The topological polar surface area (TPSA) is 39.1 Å². The molecule has 1 aromatic rings. The first kappa shape index (κ1) is 10.7. The highest BCUT2D eigenvalue weighted by atomic mass is 19.4. The number of Topliss-reactive ketones (excluding diaryl/α,β-unsaturated/α-hetero) is 1. The van der Waals surface area contributed by atoms with E-state index >= 15 is 0 Å². The molecule has 1 aliphatic carbocycles. The van der Waals surface area contributed by atoms with E-state index in [1.165, 1.54) is 24.0 Å². The highest BCUT2D eigenvalue weighted by Crippen LogP contribution is 2.33. The molecule has 0 bridgehead atoms. The maximum atomic E-state index is 12.4. The second-order valence-electron chi connectivity index (χ2n) is 3.50. The first-order chi connectivity index (χ1) is 7.30. The van der Waals surface area contributed by atoms with Gasteiger partial charge < -0.3 is 4.57 Å². The Morgan fingerprint density at radius 2 is 1.69 bits per heavy atom. The number of allylic oxidation sites excluding steroid dienone is 2. The molecule has 0 N–H and O–H groups in total. The van der Waals surface area contributed by atoms with E-state index in [4.69, 9.17) is 0 Å². The van der Waals surface area contributed by atoms with E-state index in [-0.39, 0.29) is 11.1 Å². The highest BCUT2D eigenvalue weighted by molar-refractivity contribution is 6.25. The van der Waals surface area contributed by atoms with Crippen LogP contribution in [0, 0.1) is 0 Å². The third-order valence-electron chi connectivity index (χ3n) is 2.29. The number of hydrogen-bond donors (Lipinski definition) is 0. The van der Waals surface area contributed by atoms with Gasteiger partial charge in [-0.1, -0.05) is 0 Å². The number of halogens is 3. The van der Waals surface area contributed by atoms with Gasteiger partial charge in [-0.3, -0.25) is 9.59 Å². The predicted molar refractivity (Wildman–Crippen MR) is 48.2 cm³/mol. The molecule has 0 aliphatic heterocycles. The molecule has 0 fully saturated rings. The van der Waals surface area contributed by atoms with Crippen molar-refractivity contribution < 1.29 is 22.8 Å². The standard InChI is InChI=1S/C10H6F3NO2/c1-14-3-5-6(4-14)9(16)7(2-8(5)15)10(11,12)13/h2-4H,1H3. The van der Waals surface area contributed by atoms with Gasteiger partial charge in [0.05, 0.1) is 11.1 Å². The summed E-state index contributed by atoms with van der Waals surface area (Å²) >= 11 is 0. The average Bonchev–Trinajstić information content (AvgIpc) is 2.52. The van der Waals surface area contributed by atoms with E-state index in [9.17, 15) is 22.8 Å². The number of ketones is 2. The SMILES string of the molecule is Cn1cc2c(c1)C(=O)C(C(F)(F)F)=CC2=O. The maximum absolute atomic E-state index is 12.4. The molecule has 84 valence electrons. The summed E-state index contributed by atoms with van der Waals surface area (Å²) in [4.78, 5) is 22.8. The van der Waals surface area contributed by atoms with Crippen molar-refractivity contribution in [1.29, 1.82) is 0 Å². The second kappa shape index (κ2) is 3.07. The summed E-state index contributed by atoms with van der Waals surface area (Å²) in [6, 6.07) is 0. The summed E-state index contributed by atoms with van der Waals surface area (Å²) in [7, 11) is 1.53. The number of carbonyl (C=O) groups excluding carboxylic acids is 2. The third kappa shape index (κ3) is 1.46. The van der Waals surface area contributed by atoms with Crippen LogP contribution in [0.2, 0.25) is 0 Å². The Labute approximate surface area is 88.2 Å². The lowest BCUT2D eigenvalue weighted by Gasteiger charge is -2.13. The quantitative estimate of drug-likeness (QED) is 0.681. The zero-order valence-corrected chi connectivity index (χ0v) is 8.13. The Morgan fingerprint density at radius 3 is 2.25 bits per heavy atom. The minimum atomic E-state index is -4.79. The molecule has 0 unspecified atom stereocenters. The van der Waals surface area contributed by atoms with Crippen molar-refractivity contribution >= 4 is 11.6 Å². The zero-order chi connectivity index (χ0) is 12.1. The van der Waals surface area contributed by atoms with Crippen LogP contribution in [0.3, 0.4) is 0 Å². The molecule has 3 nitrogen and oxygen atoms in total. The van der Waals surface area contributed by atoms with Gasteiger partial charge in [-0.15, -0.1) is 0 Å². The van der Waals surface area contributed by atoms with Crippen LogP contribution in [0.4, 0.5) is 13.2 Å². The zero-order valence-electron chi connectivity index (χ0n) is 8.13. The van der Waals surface area contributed by atoms with Gasteiger partial charge in [0.2, 0.25) is 0 Å². The molecule has 0 atom stereocenters. The fourth-order valence-corrected chi connectivity index (χ4v) is 1.59. The van der Waals surface area contributed by atoms with Crippen molar-refractivity contribution in [2.75, 3.05) is 0 Å². The number of carbonyl (C=O) groups is 2. The molecule has 6 heteroatoms. The van der Waals surface area contributed by atoms with Gasteiger partial charge in [-0.05, 0) is 0 Å². The summed E-state index contributed by atoms with van der Waals surface area (Å²) in [5.41, 5.74) is -1.58. The van der Waals surface area contributed by atoms with Gasteiger partial charge in [0.15, 0.2) is 11.6 Å². The van der Waals surface area contributed by atoms with Crippen molar-refractivity contribution in [2.24, 2.45) is 7.05 Å². The normalized spacial score (nSPS) is 16.1. The Hall–Kier alpha value is -1.85. The van der Waals surface area contributed by atoms with Gasteiger partial charge in [-0.25, -0.2) is 0 Å². The van der Waals surface area contributed by atoms with Crippen molar-refractivity contribution in [3.63, 3.8) is 0 Å². The van der Waals surface area contributed by atoms with E-state index < -0.39 is 23.3 Å². The first-order valence-corrected chi connectivity index (χ1v) is 4.34. The van der Waals surface area contributed by atoms with Crippen LogP contribution in [0.1, 0.15) is 20.7 Å². The molecule has 2 rings (SSSR count). The summed E-state index contributed by atoms with van der Waals surface area (Å²) < 4.78 is 38.6. The third-order valence-corrected chi connectivity index (χ3v) is 2.29. The molecule has 0 saturated heterocycles. The lowest BCUT2D eigenvalue weighted by Crippen LogP contribution is -2.25. The number of rotatable bonds is 0. The van der Waals surface area contributed by atoms with Crippen LogP contribution in [-0.4, -0.2) is 22.3 Å². The Morgan fingerprint density at radius 1 is 1.12 bits per heavy atom. The first-order valence-electron chi connectivity index (χ1n) is 4.34. The van der Waals surface area contributed by atoms with Crippen LogP contribution in [0.15, 0.2) is 24.0 Å². The van der Waals surface area contributed by atoms with Crippen LogP contribution >= 0.6 is 0 Å². The fourth-order valence-electron chi connectivity index (χ4n) is 1.59. The number of nitrogens with zero attached hydrogens (tertiary/aromatic N) is 1. The molecule has 0 saturated carbocycles. The largest absolute Gasteiger partial charge is 0.420 e. The van der Waals surface area contributed by atoms with Crippen molar-refractivity contribution in [2.45, 2.75) is 6.18 Å². The lowest BCUT2D eigenvalue weighted by atomic mass is 9.93. The molecule has 1 heterocycles. The van der Waals surface area contributed by atoms with E-state index in [2.05, 4.69) is 0 Å². The van der Waals surface area contributed by atoms with E-state index in [1.54, 1.807) is 0 Å². The number of alkyl halides is 3. The molecular formula is C10H6F3NO2. The Balaban J connectivity index is 2.59. The van der Waals surface area contributed by atoms with Crippen molar-refractivity contribution in [3.05, 3.63) is 35.2 Å². The second-order valence-corrected chi connectivity index (χ2v) is 3.50. The van der Waals surface area contributed by atoms with Crippen LogP contribution in [0.5, 0.6) is 0 Å². The Bertz CT molecular complexity index is 523. The molecule has 0 spiro atoms. The van der Waals surface area contributed by atoms with Gasteiger partial charge in [0.25, 0.3) is 0 Å². The molecule has 0 amide bonds. The van der Waals surface area contributed by atoms with Crippen molar-refractivity contribution in [1.82, 2.24) is 4.57 Å². The highest BCUT2D eigenvalue weighted by Gasteiger charge is 2.43. The summed E-state index contributed by atoms with van der Waals surface area (Å²) in [5.74, 6) is -1.94. The molecule has 1 aliphatic rings. The van der Waals surface area contributed by atoms with Crippen LogP contribution < -0.4 is 0 Å². The van der Waals surface area contributed by atoms with Gasteiger partial charge in [0, 0.05) is 25.5 Å². The average molecular weight is 229 g/mol. The molecule has 0 radical (unpaired) electrons. The van der Waals surface area contributed by atoms with Crippen LogP contribution in [-0.2, 0) is 7.05 Å². The smallest absolute Gasteiger partial charge is 0.356 e.